The van der Waals surface area contributed by atoms with Gasteiger partial charge < -0.3 is 9.47 Å². The average Bonchev–Trinajstić information content (AvgIpc) is 2.88. The first-order valence-corrected chi connectivity index (χ1v) is 8.53. The van der Waals surface area contributed by atoms with E-state index in [1.165, 1.54) is 6.42 Å². The quantitative estimate of drug-likeness (QED) is 0.785. The van der Waals surface area contributed by atoms with Crippen LogP contribution >= 0.6 is 0 Å². The molecular weight excluding hydrogens is 292 g/mol. The molecule has 1 aromatic rings. The van der Waals surface area contributed by atoms with Crippen LogP contribution in [0.25, 0.3) is 6.08 Å². The van der Waals surface area contributed by atoms with E-state index in [4.69, 9.17) is 19.2 Å². The second-order valence-electron chi connectivity index (χ2n) is 6.87. The van der Waals surface area contributed by atoms with Crippen LogP contribution in [0, 0.1) is 5.92 Å². The summed E-state index contributed by atoms with van der Waals surface area (Å²) in [6, 6.07) is 8.10. The van der Waals surface area contributed by atoms with Crippen molar-refractivity contribution in [2.45, 2.75) is 56.2 Å². The van der Waals surface area contributed by atoms with E-state index >= 15 is 0 Å². The van der Waals surface area contributed by atoms with Crippen molar-refractivity contribution < 1.29 is 19.2 Å². The van der Waals surface area contributed by atoms with E-state index in [0.717, 1.165) is 43.2 Å². The molecule has 3 aliphatic heterocycles. The minimum Gasteiger partial charge on any atom is -0.353 e. The van der Waals surface area contributed by atoms with Crippen LogP contribution in [0.2, 0.25) is 0 Å². The van der Waals surface area contributed by atoms with Gasteiger partial charge in [-0.15, -0.1) is 0 Å². The fourth-order valence-corrected chi connectivity index (χ4v) is 4.37. The lowest BCUT2D eigenvalue weighted by atomic mass is 9.73. The van der Waals surface area contributed by atoms with Gasteiger partial charge in [-0.25, -0.2) is 4.89 Å². The van der Waals surface area contributed by atoms with Gasteiger partial charge in [-0.2, -0.15) is 4.89 Å². The normalized spacial score (nSPS) is 39.5. The van der Waals surface area contributed by atoms with Gasteiger partial charge in [-0.05, 0) is 30.7 Å². The van der Waals surface area contributed by atoms with Crippen molar-refractivity contribution in [3.05, 3.63) is 42.0 Å². The highest BCUT2D eigenvalue weighted by molar-refractivity contribution is 5.47. The molecule has 4 heteroatoms. The standard InChI is InChI=1S/C19H24O4/c1-3-14-7-9-16(10-8-14)19-13-11-15-6-4-5-12-18(15,22-23-19)17(20-2)21-19/h3,7-10,15,17H,1,4-6,11-13H2,2H3/t15-,17-,18+,19+/m1/s1. The Bertz CT molecular complexity index is 580. The largest absolute Gasteiger partial charge is 0.353 e. The van der Waals surface area contributed by atoms with E-state index in [-0.39, 0.29) is 6.29 Å². The minimum absolute atomic E-state index is 0.386. The summed E-state index contributed by atoms with van der Waals surface area (Å²) in [4.78, 5) is 12.0. The van der Waals surface area contributed by atoms with Crippen molar-refractivity contribution in [2.24, 2.45) is 5.92 Å². The van der Waals surface area contributed by atoms with Crippen LogP contribution in [0.4, 0.5) is 0 Å². The number of methoxy groups -OCH3 is 1. The summed E-state index contributed by atoms with van der Waals surface area (Å²) in [6.45, 7) is 3.80. The van der Waals surface area contributed by atoms with Crippen LogP contribution in [0.5, 0.6) is 0 Å². The minimum atomic E-state index is -0.872. The van der Waals surface area contributed by atoms with Gasteiger partial charge in [0.25, 0.3) is 0 Å². The summed E-state index contributed by atoms with van der Waals surface area (Å²) >= 11 is 0. The molecule has 1 spiro atoms. The molecular formula is C19H24O4. The Kier molecular flexibility index (Phi) is 3.81. The van der Waals surface area contributed by atoms with Crippen molar-refractivity contribution in [2.75, 3.05) is 7.11 Å². The molecule has 124 valence electrons. The topological polar surface area (TPSA) is 36.9 Å². The van der Waals surface area contributed by atoms with Gasteiger partial charge in [0.05, 0.1) is 0 Å². The molecule has 3 heterocycles. The first kappa shape index (κ1) is 15.3. The molecule has 1 aromatic carbocycles. The molecule has 3 saturated heterocycles. The number of ether oxygens (including phenoxy) is 2. The average molecular weight is 316 g/mol. The first-order chi connectivity index (χ1) is 11.2. The molecule has 4 nitrogen and oxygen atoms in total. The van der Waals surface area contributed by atoms with Gasteiger partial charge in [0.15, 0.2) is 11.9 Å². The summed E-state index contributed by atoms with van der Waals surface area (Å²) in [5.41, 5.74) is 1.59. The maximum absolute atomic E-state index is 6.37. The van der Waals surface area contributed by atoms with Crippen LogP contribution in [0.1, 0.15) is 49.7 Å². The zero-order valence-corrected chi connectivity index (χ0v) is 13.6. The maximum Gasteiger partial charge on any atom is 0.230 e. The fourth-order valence-electron chi connectivity index (χ4n) is 4.37. The zero-order valence-electron chi connectivity index (χ0n) is 13.6. The van der Waals surface area contributed by atoms with Gasteiger partial charge in [0, 0.05) is 19.1 Å². The first-order valence-electron chi connectivity index (χ1n) is 8.53. The smallest absolute Gasteiger partial charge is 0.230 e. The highest BCUT2D eigenvalue weighted by atomic mass is 17.3. The molecule has 0 unspecified atom stereocenters. The molecule has 4 fully saturated rings. The van der Waals surface area contributed by atoms with Crippen molar-refractivity contribution >= 4 is 6.08 Å². The molecule has 0 radical (unpaired) electrons. The molecule has 23 heavy (non-hydrogen) atoms. The summed E-state index contributed by atoms with van der Waals surface area (Å²) in [5, 5.41) is 0. The van der Waals surface area contributed by atoms with Gasteiger partial charge in [-0.3, -0.25) is 0 Å². The molecule has 0 amide bonds. The summed E-state index contributed by atoms with van der Waals surface area (Å²) in [6.07, 6.45) is 7.71. The molecule has 2 bridgehead atoms. The number of hydrogen-bond acceptors (Lipinski definition) is 4. The lowest BCUT2D eigenvalue weighted by Gasteiger charge is -2.49. The summed E-state index contributed by atoms with van der Waals surface area (Å²) < 4.78 is 12.1. The van der Waals surface area contributed by atoms with E-state index in [9.17, 15) is 0 Å². The van der Waals surface area contributed by atoms with E-state index in [0.29, 0.717) is 5.92 Å². The van der Waals surface area contributed by atoms with Crippen molar-refractivity contribution in [1.29, 1.82) is 0 Å². The lowest BCUT2D eigenvalue weighted by molar-refractivity contribution is -0.558. The Labute approximate surface area is 137 Å². The van der Waals surface area contributed by atoms with E-state index in [1.54, 1.807) is 7.11 Å². The Hall–Kier alpha value is -1.20. The predicted octanol–water partition coefficient (Wildman–Crippen LogP) is 4.16. The molecule has 0 aromatic heterocycles. The molecule has 5 rings (SSSR count). The van der Waals surface area contributed by atoms with Crippen LogP contribution < -0.4 is 0 Å². The van der Waals surface area contributed by atoms with E-state index < -0.39 is 11.4 Å². The second kappa shape index (κ2) is 5.71. The van der Waals surface area contributed by atoms with E-state index in [2.05, 4.69) is 6.58 Å². The Morgan fingerprint density at radius 3 is 2.70 bits per heavy atom. The monoisotopic (exact) mass is 316 g/mol. The predicted molar refractivity (Wildman–Crippen MR) is 86.2 cm³/mol. The third kappa shape index (κ3) is 2.28. The van der Waals surface area contributed by atoms with Crippen LogP contribution in [-0.4, -0.2) is 19.0 Å². The Morgan fingerprint density at radius 1 is 1.13 bits per heavy atom. The van der Waals surface area contributed by atoms with Crippen molar-refractivity contribution in [3.63, 3.8) is 0 Å². The van der Waals surface area contributed by atoms with Crippen LogP contribution in [-0.2, 0) is 25.0 Å². The Morgan fingerprint density at radius 2 is 1.96 bits per heavy atom. The van der Waals surface area contributed by atoms with Gasteiger partial charge >= 0.3 is 0 Å². The van der Waals surface area contributed by atoms with Crippen molar-refractivity contribution in [1.82, 2.24) is 0 Å². The van der Waals surface area contributed by atoms with Crippen LogP contribution in [0.3, 0.4) is 0 Å². The molecule has 0 N–H and O–H groups in total. The number of benzene rings is 1. The fraction of sp³-hybridized carbons (Fsp3) is 0.579. The third-order valence-electron chi connectivity index (χ3n) is 5.71. The number of hydrogen-bond donors (Lipinski definition) is 0. The van der Waals surface area contributed by atoms with Gasteiger partial charge in [0.2, 0.25) is 5.79 Å². The molecule has 1 saturated carbocycles. The SMILES string of the molecule is C=Cc1ccc([C@]23CC[C@H]4CCCC[C@@]4(OO2)[C@H](OC)O3)cc1. The lowest BCUT2D eigenvalue weighted by Crippen LogP contribution is -2.59. The van der Waals surface area contributed by atoms with Crippen LogP contribution in [0.15, 0.2) is 30.8 Å². The summed E-state index contributed by atoms with van der Waals surface area (Å²) in [7, 11) is 1.70. The number of fused-ring (bicyclic) bond motifs is 3. The van der Waals surface area contributed by atoms with Gasteiger partial charge in [0.1, 0.15) is 0 Å². The Balaban J connectivity index is 1.71. The summed E-state index contributed by atoms with van der Waals surface area (Å²) in [5.74, 6) is -0.443. The third-order valence-corrected chi connectivity index (χ3v) is 5.71. The molecule has 4 aliphatic rings. The highest BCUT2D eigenvalue weighted by Gasteiger charge is 2.61. The second-order valence-corrected chi connectivity index (χ2v) is 6.87. The molecule has 4 atom stereocenters. The highest BCUT2D eigenvalue weighted by Crippen LogP contribution is 2.55. The molecule has 1 aliphatic carbocycles. The zero-order chi connectivity index (χ0) is 15.9. The van der Waals surface area contributed by atoms with E-state index in [1.807, 2.05) is 30.3 Å². The van der Waals surface area contributed by atoms with Crippen molar-refractivity contribution in [3.8, 4) is 0 Å². The maximum atomic E-state index is 6.37. The number of rotatable bonds is 3. The van der Waals surface area contributed by atoms with Gasteiger partial charge in [-0.1, -0.05) is 49.8 Å².